The summed E-state index contributed by atoms with van der Waals surface area (Å²) in [6.07, 6.45) is 0. The van der Waals surface area contributed by atoms with Gasteiger partial charge in [-0.3, -0.25) is 0 Å². The number of esters is 1. The van der Waals surface area contributed by atoms with Crippen LogP contribution in [0.3, 0.4) is 0 Å². The van der Waals surface area contributed by atoms with Crippen LogP contribution in [-0.2, 0) is 11.3 Å². The zero-order valence-corrected chi connectivity index (χ0v) is 10.5. The third-order valence-electron chi connectivity index (χ3n) is 2.83. The first-order valence-corrected chi connectivity index (χ1v) is 5.84. The summed E-state index contributed by atoms with van der Waals surface area (Å²) < 4.78 is 17.9. The van der Waals surface area contributed by atoms with Crippen molar-refractivity contribution >= 4 is 11.7 Å². The predicted octanol–water partition coefficient (Wildman–Crippen LogP) is 3.07. The average molecular weight is 259 g/mol. The maximum atomic E-state index is 12.7. The van der Waals surface area contributed by atoms with Crippen LogP contribution in [0, 0.1) is 12.7 Å². The number of nitrogen functional groups attached to an aromatic ring is 1. The first kappa shape index (κ1) is 13.1. The number of rotatable bonds is 3. The van der Waals surface area contributed by atoms with Gasteiger partial charge in [0, 0.05) is 5.69 Å². The molecule has 0 saturated heterocycles. The number of anilines is 1. The lowest BCUT2D eigenvalue weighted by Crippen LogP contribution is -2.09. The first-order valence-electron chi connectivity index (χ1n) is 5.84. The maximum absolute atomic E-state index is 12.7. The summed E-state index contributed by atoms with van der Waals surface area (Å²) in [5.74, 6) is -0.802. The van der Waals surface area contributed by atoms with Crippen molar-refractivity contribution in [3.05, 3.63) is 65.0 Å². The minimum atomic E-state index is -0.481. The van der Waals surface area contributed by atoms with Crippen LogP contribution in [0.4, 0.5) is 10.1 Å². The molecule has 0 aliphatic rings. The van der Waals surface area contributed by atoms with Gasteiger partial charge in [0.05, 0.1) is 5.56 Å². The molecule has 98 valence electrons. The molecule has 0 radical (unpaired) electrons. The highest BCUT2D eigenvalue weighted by atomic mass is 19.1. The zero-order chi connectivity index (χ0) is 13.8. The number of hydrogen-bond acceptors (Lipinski definition) is 3. The van der Waals surface area contributed by atoms with E-state index >= 15 is 0 Å². The van der Waals surface area contributed by atoms with E-state index in [2.05, 4.69) is 0 Å². The first-order chi connectivity index (χ1) is 9.08. The average Bonchev–Trinajstić information content (AvgIpc) is 2.41. The number of halogens is 1. The molecule has 2 aromatic rings. The lowest BCUT2D eigenvalue weighted by Gasteiger charge is -2.08. The van der Waals surface area contributed by atoms with Crippen LogP contribution in [0.1, 0.15) is 21.5 Å². The molecule has 0 atom stereocenters. The van der Waals surface area contributed by atoms with Crippen molar-refractivity contribution in [2.24, 2.45) is 0 Å². The van der Waals surface area contributed by atoms with Gasteiger partial charge in [0.2, 0.25) is 0 Å². The largest absolute Gasteiger partial charge is 0.457 e. The minimum Gasteiger partial charge on any atom is -0.457 e. The molecule has 0 bridgehead atoms. The van der Waals surface area contributed by atoms with Crippen molar-refractivity contribution in [2.75, 3.05) is 5.73 Å². The molecular weight excluding hydrogens is 245 g/mol. The lowest BCUT2D eigenvalue weighted by molar-refractivity contribution is 0.0474. The summed E-state index contributed by atoms with van der Waals surface area (Å²) in [4.78, 5) is 11.9. The number of aryl methyl sites for hydroxylation is 1. The van der Waals surface area contributed by atoms with E-state index in [0.29, 0.717) is 11.3 Å². The Morgan fingerprint density at radius 1 is 1.21 bits per heavy atom. The Bertz CT molecular complexity index is 594. The Morgan fingerprint density at radius 3 is 2.58 bits per heavy atom. The molecule has 0 heterocycles. The molecule has 0 aromatic heterocycles. The second-order valence-corrected chi connectivity index (χ2v) is 4.24. The van der Waals surface area contributed by atoms with Gasteiger partial charge in [0.25, 0.3) is 0 Å². The Morgan fingerprint density at radius 2 is 1.89 bits per heavy atom. The van der Waals surface area contributed by atoms with E-state index in [1.54, 1.807) is 24.3 Å². The van der Waals surface area contributed by atoms with E-state index in [0.717, 1.165) is 11.1 Å². The predicted molar refractivity (Wildman–Crippen MR) is 71.1 cm³/mol. The van der Waals surface area contributed by atoms with Gasteiger partial charge in [-0.1, -0.05) is 24.3 Å². The van der Waals surface area contributed by atoms with E-state index in [1.807, 2.05) is 13.0 Å². The Balaban J connectivity index is 2.05. The summed E-state index contributed by atoms with van der Waals surface area (Å²) in [6, 6.07) is 11.0. The second-order valence-electron chi connectivity index (χ2n) is 4.24. The van der Waals surface area contributed by atoms with E-state index in [1.165, 1.54) is 12.1 Å². The number of carbonyl (C=O) groups is 1. The van der Waals surface area contributed by atoms with Crippen LogP contribution >= 0.6 is 0 Å². The molecule has 0 unspecified atom stereocenters. The fourth-order valence-corrected chi connectivity index (χ4v) is 1.67. The summed E-state index contributed by atoms with van der Waals surface area (Å²) in [7, 11) is 0. The molecule has 0 aliphatic heterocycles. The van der Waals surface area contributed by atoms with Crippen molar-refractivity contribution in [3.8, 4) is 0 Å². The third kappa shape index (κ3) is 3.10. The number of benzene rings is 2. The smallest absolute Gasteiger partial charge is 0.340 e. The molecule has 4 heteroatoms. The van der Waals surface area contributed by atoms with E-state index in [4.69, 9.17) is 10.5 Å². The highest BCUT2D eigenvalue weighted by molar-refractivity contribution is 5.95. The normalized spacial score (nSPS) is 10.2. The van der Waals surface area contributed by atoms with E-state index in [-0.39, 0.29) is 12.4 Å². The van der Waals surface area contributed by atoms with Gasteiger partial charge in [-0.15, -0.1) is 0 Å². The van der Waals surface area contributed by atoms with Gasteiger partial charge in [-0.25, -0.2) is 9.18 Å². The van der Waals surface area contributed by atoms with E-state index in [9.17, 15) is 9.18 Å². The van der Waals surface area contributed by atoms with Crippen molar-refractivity contribution < 1.29 is 13.9 Å². The van der Waals surface area contributed by atoms with Crippen LogP contribution in [0.5, 0.6) is 0 Å². The lowest BCUT2D eigenvalue weighted by atomic mass is 10.1. The minimum absolute atomic E-state index is 0.0898. The van der Waals surface area contributed by atoms with Gasteiger partial charge in [0.1, 0.15) is 12.4 Å². The molecule has 3 nitrogen and oxygen atoms in total. The standard InChI is InChI=1S/C15H14FNO2/c1-10-3-2-4-13(14(10)17)15(18)19-9-11-5-7-12(16)8-6-11/h2-8H,9,17H2,1H3. The molecule has 0 aliphatic carbocycles. The summed E-state index contributed by atoms with van der Waals surface area (Å²) in [5.41, 5.74) is 8.15. The highest BCUT2D eigenvalue weighted by Gasteiger charge is 2.12. The van der Waals surface area contributed by atoms with Crippen LogP contribution in [0.15, 0.2) is 42.5 Å². The van der Waals surface area contributed by atoms with Crippen LogP contribution in [0.2, 0.25) is 0 Å². The van der Waals surface area contributed by atoms with Gasteiger partial charge in [-0.05, 0) is 36.2 Å². The Labute approximate surface area is 110 Å². The molecule has 0 saturated carbocycles. The fourth-order valence-electron chi connectivity index (χ4n) is 1.67. The SMILES string of the molecule is Cc1cccc(C(=O)OCc2ccc(F)cc2)c1N. The quantitative estimate of drug-likeness (QED) is 0.680. The topological polar surface area (TPSA) is 52.3 Å². The Kier molecular flexibility index (Phi) is 3.80. The van der Waals surface area contributed by atoms with Gasteiger partial charge in [0.15, 0.2) is 0 Å². The number of nitrogens with two attached hydrogens (primary N) is 1. The van der Waals surface area contributed by atoms with Gasteiger partial charge < -0.3 is 10.5 Å². The van der Waals surface area contributed by atoms with E-state index < -0.39 is 5.97 Å². The van der Waals surface area contributed by atoms with Gasteiger partial charge >= 0.3 is 5.97 Å². The zero-order valence-electron chi connectivity index (χ0n) is 10.5. The number of carbonyl (C=O) groups excluding carboxylic acids is 1. The molecular formula is C15H14FNO2. The number of para-hydroxylation sites is 1. The van der Waals surface area contributed by atoms with Crippen LogP contribution in [-0.4, -0.2) is 5.97 Å². The molecule has 2 N–H and O–H groups in total. The summed E-state index contributed by atoms with van der Waals surface area (Å²) in [5, 5.41) is 0. The Hall–Kier alpha value is -2.36. The van der Waals surface area contributed by atoms with Crippen molar-refractivity contribution in [3.63, 3.8) is 0 Å². The monoisotopic (exact) mass is 259 g/mol. The number of ether oxygens (including phenoxy) is 1. The number of hydrogen-bond donors (Lipinski definition) is 1. The molecule has 0 spiro atoms. The third-order valence-corrected chi connectivity index (χ3v) is 2.83. The van der Waals surface area contributed by atoms with Crippen molar-refractivity contribution in [1.82, 2.24) is 0 Å². The van der Waals surface area contributed by atoms with Crippen LogP contribution < -0.4 is 5.73 Å². The highest BCUT2D eigenvalue weighted by Crippen LogP contribution is 2.18. The fraction of sp³-hybridized carbons (Fsp3) is 0.133. The van der Waals surface area contributed by atoms with Crippen molar-refractivity contribution in [2.45, 2.75) is 13.5 Å². The van der Waals surface area contributed by atoms with Crippen LogP contribution in [0.25, 0.3) is 0 Å². The maximum Gasteiger partial charge on any atom is 0.340 e. The summed E-state index contributed by atoms with van der Waals surface area (Å²) >= 11 is 0. The molecule has 0 amide bonds. The van der Waals surface area contributed by atoms with Gasteiger partial charge in [-0.2, -0.15) is 0 Å². The molecule has 2 rings (SSSR count). The van der Waals surface area contributed by atoms with Crippen molar-refractivity contribution in [1.29, 1.82) is 0 Å². The molecule has 0 fully saturated rings. The molecule has 2 aromatic carbocycles. The molecule has 19 heavy (non-hydrogen) atoms. The summed E-state index contributed by atoms with van der Waals surface area (Å²) in [6.45, 7) is 1.92. The second kappa shape index (κ2) is 5.52.